The van der Waals surface area contributed by atoms with Gasteiger partial charge in [-0.3, -0.25) is 9.69 Å². The summed E-state index contributed by atoms with van der Waals surface area (Å²) >= 11 is 1.62. The van der Waals surface area contributed by atoms with Gasteiger partial charge in [0, 0.05) is 37.1 Å². The fraction of sp³-hybridized carbons (Fsp3) is 0.688. The van der Waals surface area contributed by atoms with Gasteiger partial charge in [-0.15, -0.1) is 11.3 Å². The smallest absolute Gasteiger partial charge is 0.264 e. The van der Waals surface area contributed by atoms with Crippen molar-refractivity contribution in [3.63, 3.8) is 0 Å². The summed E-state index contributed by atoms with van der Waals surface area (Å²) in [5.74, 6) is 0.173. The van der Waals surface area contributed by atoms with Crippen LogP contribution in [-0.4, -0.2) is 59.1 Å². The average molecular weight is 308 g/mol. The molecule has 1 aliphatic carbocycles. The molecular formula is C16H24N2O2S. The van der Waals surface area contributed by atoms with Gasteiger partial charge >= 0.3 is 0 Å². The molecule has 21 heavy (non-hydrogen) atoms. The van der Waals surface area contributed by atoms with E-state index < -0.39 is 0 Å². The number of carbonyl (C=O) groups is 1. The zero-order chi connectivity index (χ0) is 14.8. The molecule has 1 aromatic heterocycles. The van der Waals surface area contributed by atoms with Gasteiger partial charge in [0.15, 0.2) is 0 Å². The molecular weight excluding hydrogens is 284 g/mol. The average Bonchev–Trinajstić information content (AvgIpc) is 3.15. The zero-order valence-corrected chi connectivity index (χ0v) is 13.4. The van der Waals surface area contributed by atoms with Crippen LogP contribution in [0.1, 0.15) is 40.7 Å². The van der Waals surface area contributed by atoms with Crippen molar-refractivity contribution in [2.45, 2.75) is 44.8 Å². The molecule has 0 unspecified atom stereocenters. The van der Waals surface area contributed by atoms with Crippen LogP contribution >= 0.6 is 11.3 Å². The minimum atomic E-state index is -0.170. The zero-order valence-electron chi connectivity index (χ0n) is 12.6. The van der Waals surface area contributed by atoms with Crippen LogP contribution in [0, 0.1) is 0 Å². The number of aliphatic hydroxyl groups excluding tert-OH is 1. The van der Waals surface area contributed by atoms with Crippen LogP contribution in [0.3, 0.4) is 0 Å². The molecule has 1 saturated carbocycles. The highest BCUT2D eigenvalue weighted by Crippen LogP contribution is 2.26. The highest BCUT2D eigenvalue weighted by molar-refractivity contribution is 7.14. The number of rotatable bonds is 3. The Bertz CT molecular complexity index is 494. The quantitative estimate of drug-likeness (QED) is 0.928. The number of thiophene rings is 1. The van der Waals surface area contributed by atoms with Gasteiger partial charge in [-0.25, -0.2) is 0 Å². The fourth-order valence-corrected chi connectivity index (χ4v) is 4.36. The summed E-state index contributed by atoms with van der Waals surface area (Å²) in [4.78, 5) is 19.0. The molecule has 2 aliphatic rings. The number of aliphatic hydroxyl groups is 1. The molecule has 116 valence electrons. The van der Waals surface area contributed by atoms with Gasteiger partial charge in [0.05, 0.1) is 11.0 Å². The summed E-state index contributed by atoms with van der Waals surface area (Å²) in [5, 5.41) is 10.0. The second kappa shape index (κ2) is 6.46. The van der Waals surface area contributed by atoms with Gasteiger partial charge in [0.25, 0.3) is 5.91 Å². The van der Waals surface area contributed by atoms with E-state index in [-0.39, 0.29) is 12.0 Å². The minimum absolute atomic E-state index is 0.170. The Morgan fingerprint density at radius 3 is 2.62 bits per heavy atom. The number of nitrogens with zero attached hydrogens (tertiary/aromatic N) is 2. The molecule has 0 spiro atoms. The second-order valence-electron chi connectivity index (χ2n) is 6.01. The summed E-state index contributed by atoms with van der Waals surface area (Å²) in [6, 6.07) is 4.33. The molecule has 5 heteroatoms. The maximum Gasteiger partial charge on any atom is 0.264 e. The lowest BCUT2D eigenvalue weighted by atomic mass is 10.1. The van der Waals surface area contributed by atoms with Gasteiger partial charge in [0.2, 0.25) is 0 Å². The lowest BCUT2D eigenvalue weighted by Crippen LogP contribution is -2.53. The number of piperazine rings is 1. The fourth-order valence-electron chi connectivity index (χ4n) is 3.44. The van der Waals surface area contributed by atoms with Crippen molar-refractivity contribution >= 4 is 17.2 Å². The van der Waals surface area contributed by atoms with Crippen LogP contribution < -0.4 is 0 Å². The first-order chi connectivity index (χ1) is 10.2. The number of hydrogen-bond donors (Lipinski definition) is 1. The Morgan fingerprint density at radius 2 is 2.05 bits per heavy atom. The number of aryl methyl sites for hydroxylation is 1. The third-order valence-corrected chi connectivity index (χ3v) is 5.95. The van der Waals surface area contributed by atoms with Crippen molar-refractivity contribution in [1.82, 2.24) is 9.80 Å². The molecule has 1 saturated heterocycles. The lowest BCUT2D eigenvalue weighted by molar-refractivity contribution is 0.0318. The predicted molar refractivity (Wildman–Crippen MR) is 84.8 cm³/mol. The normalized spacial score (nSPS) is 27.2. The van der Waals surface area contributed by atoms with Crippen molar-refractivity contribution in [2.75, 3.05) is 26.2 Å². The van der Waals surface area contributed by atoms with Crippen molar-refractivity contribution in [3.8, 4) is 0 Å². The van der Waals surface area contributed by atoms with E-state index in [1.807, 2.05) is 11.0 Å². The largest absolute Gasteiger partial charge is 0.391 e. The molecule has 0 aromatic carbocycles. The maximum absolute atomic E-state index is 12.5. The standard InChI is InChI=1S/C16H24N2O2S/c1-2-12-6-7-15(21-12)16(20)18-10-8-17(9-11-18)13-4-3-5-14(13)19/h6-7,13-14,19H,2-5,8-11H2,1H3/t13-,14+/m1/s1. The SMILES string of the molecule is CCc1ccc(C(=O)N2CCN([C@@H]3CCC[C@@H]3O)CC2)s1. The summed E-state index contributed by atoms with van der Waals surface area (Å²) in [6.45, 7) is 5.45. The van der Waals surface area contributed by atoms with Crippen molar-refractivity contribution < 1.29 is 9.90 Å². The van der Waals surface area contributed by atoms with Gasteiger partial charge in [-0.2, -0.15) is 0 Å². The molecule has 3 rings (SSSR count). The lowest BCUT2D eigenvalue weighted by Gasteiger charge is -2.39. The highest BCUT2D eigenvalue weighted by Gasteiger charge is 2.33. The first-order valence-electron chi connectivity index (χ1n) is 7.99. The van der Waals surface area contributed by atoms with Crippen molar-refractivity contribution in [1.29, 1.82) is 0 Å². The van der Waals surface area contributed by atoms with Crippen LogP contribution in [0.25, 0.3) is 0 Å². The van der Waals surface area contributed by atoms with Crippen LogP contribution in [0.2, 0.25) is 0 Å². The Morgan fingerprint density at radius 1 is 1.29 bits per heavy atom. The number of amides is 1. The van der Waals surface area contributed by atoms with Gasteiger partial charge < -0.3 is 10.0 Å². The molecule has 4 nitrogen and oxygen atoms in total. The Labute approximate surface area is 130 Å². The molecule has 2 heterocycles. The van der Waals surface area contributed by atoms with Crippen LogP contribution in [0.5, 0.6) is 0 Å². The van der Waals surface area contributed by atoms with E-state index in [0.717, 1.165) is 56.7 Å². The van der Waals surface area contributed by atoms with Gasteiger partial charge in [-0.1, -0.05) is 6.92 Å². The first-order valence-corrected chi connectivity index (χ1v) is 8.80. The van der Waals surface area contributed by atoms with Crippen LogP contribution in [0.15, 0.2) is 12.1 Å². The molecule has 2 atom stereocenters. The molecule has 1 aromatic rings. The van der Waals surface area contributed by atoms with E-state index in [2.05, 4.69) is 17.9 Å². The first kappa shape index (κ1) is 15.0. The highest BCUT2D eigenvalue weighted by atomic mass is 32.1. The summed E-state index contributed by atoms with van der Waals surface area (Å²) in [5.41, 5.74) is 0. The Balaban J connectivity index is 1.56. The minimum Gasteiger partial charge on any atom is -0.391 e. The summed E-state index contributed by atoms with van der Waals surface area (Å²) < 4.78 is 0. The van der Waals surface area contributed by atoms with Crippen LogP contribution in [0.4, 0.5) is 0 Å². The topological polar surface area (TPSA) is 43.8 Å². The Hall–Kier alpha value is -0.910. The number of carbonyl (C=O) groups excluding carboxylic acids is 1. The van der Waals surface area contributed by atoms with Crippen molar-refractivity contribution in [2.24, 2.45) is 0 Å². The van der Waals surface area contributed by atoms with Crippen molar-refractivity contribution in [3.05, 3.63) is 21.9 Å². The van der Waals surface area contributed by atoms with Gasteiger partial charge in [0.1, 0.15) is 0 Å². The monoisotopic (exact) mass is 308 g/mol. The predicted octanol–water partition coefficient (Wildman–Crippen LogP) is 1.98. The molecule has 1 amide bonds. The van der Waals surface area contributed by atoms with E-state index in [1.54, 1.807) is 11.3 Å². The van der Waals surface area contributed by atoms with E-state index in [9.17, 15) is 9.90 Å². The molecule has 2 fully saturated rings. The van der Waals surface area contributed by atoms with Gasteiger partial charge in [-0.05, 0) is 37.8 Å². The molecule has 0 bridgehead atoms. The Kier molecular flexibility index (Phi) is 4.62. The second-order valence-corrected chi connectivity index (χ2v) is 7.18. The third-order valence-electron chi connectivity index (χ3n) is 4.74. The summed E-state index contributed by atoms with van der Waals surface area (Å²) in [7, 11) is 0. The molecule has 1 aliphatic heterocycles. The summed E-state index contributed by atoms with van der Waals surface area (Å²) in [6.07, 6.45) is 3.97. The maximum atomic E-state index is 12.5. The van der Waals surface area contributed by atoms with E-state index in [0.29, 0.717) is 6.04 Å². The van der Waals surface area contributed by atoms with E-state index in [1.165, 1.54) is 4.88 Å². The van der Waals surface area contributed by atoms with Crippen LogP contribution in [-0.2, 0) is 6.42 Å². The number of hydrogen-bond acceptors (Lipinski definition) is 4. The van der Waals surface area contributed by atoms with E-state index >= 15 is 0 Å². The third kappa shape index (κ3) is 3.15. The van der Waals surface area contributed by atoms with E-state index in [4.69, 9.17) is 0 Å². The molecule has 0 radical (unpaired) electrons. The molecule has 1 N–H and O–H groups in total.